The van der Waals surface area contributed by atoms with Crippen molar-refractivity contribution in [2.24, 2.45) is 11.7 Å². The molecule has 0 unspecified atom stereocenters. The van der Waals surface area contributed by atoms with E-state index in [2.05, 4.69) is 16.8 Å². The molecule has 0 spiro atoms. The lowest BCUT2D eigenvalue weighted by atomic mass is 10.1. The van der Waals surface area contributed by atoms with E-state index in [0.29, 0.717) is 11.5 Å². The maximum absolute atomic E-state index is 12.1. The number of carbonyl (C=O) groups excluding carboxylic acids is 2. The minimum Gasteiger partial charge on any atom is -0.366 e. The summed E-state index contributed by atoms with van der Waals surface area (Å²) in [5.41, 5.74) is 5.63. The van der Waals surface area contributed by atoms with Gasteiger partial charge in [0.25, 0.3) is 0 Å². The van der Waals surface area contributed by atoms with Crippen LogP contribution >= 0.6 is 0 Å². The summed E-state index contributed by atoms with van der Waals surface area (Å²) >= 11 is 0. The number of anilines is 1. The van der Waals surface area contributed by atoms with Crippen molar-refractivity contribution in [3.8, 4) is 0 Å². The first kappa shape index (κ1) is 13.9. The van der Waals surface area contributed by atoms with Crippen LogP contribution in [0.15, 0.2) is 18.3 Å². The molecule has 112 valence electrons. The molecule has 1 atom stereocenters. The molecule has 6 nitrogen and oxygen atoms in total. The van der Waals surface area contributed by atoms with Crippen molar-refractivity contribution in [2.45, 2.75) is 25.8 Å². The smallest absolute Gasteiger partial charge is 0.250 e. The predicted molar refractivity (Wildman–Crippen MR) is 78.9 cm³/mol. The molecule has 1 aromatic heterocycles. The summed E-state index contributed by atoms with van der Waals surface area (Å²) in [7, 11) is 0. The van der Waals surface area contributed by atoms with Gasteiger partial charge in [0.1, 0.15) is 5.82 Å². The van der Waals surface area contributed by atoms with Crippen LogP contribution in [-0.2, 0) is 4.79 Å². The van der Waals surface area contributed by atoms with Crippen molar-refractivity contribution in [1.82, 2.24) is 9.88 Å². The maximum atomic E-state index is 12.1. The van der Waals surface area contributed by atoms with Crippen molar-refractivity contribution in [1.29, 1.82) is 0 Å². The molecule has 2 aliphatic rings. The average Bonchev–Trinajstić information content (AvgIpc) is 3.31. The third-order valence-electron chi connectivity index (χ3n) is 4.19. The lowest BCUT2D eigenvalue weighted by molar-refractivity contribution is -0.133. The zero-order valence-electron chi connectivity index (χ0n) is 12.2. The van der Waals surface area contributed by atoms with Crippen LogP contribution in [-0.4, -0.2) is 47.4 Å². The summed E-state index contributed by atoms with van der Waals surface area (Å²) in [4.78, 5) is 31.6. The third-order valence-corrected chi connectivity index (χ3v) is 4.19. The normalized spacial score (nSPS) is 22.2. The van der Waals surface area contributed by atoms with E-state index in [0.717, 1.165) is 38.3 Å². The van der Waals surface area contributed by atoms with Gasteiger partial charge in [-0.3, -0.25) is 9.59 Å². The van der Waals surface area contributed by atoms with Gasteiger partial charge in [0.05, 0.1) is 5.56 Å². The lowest BCUT2D eigenvalue weighted by Gasteiger charge is -2.40. The second-order valence-corrected chi connectivity index (χ2v) is 5.87. The van der Waals surface area contributed by atoms with E-state index in [4.69, 9.17) is 5.73 Å². The highest BCUT2D eigenvalue weighted by atomic mass is 16.2. The standard InChI is InChI=1S/C15H20N4O2/c1-10-9-18(15(21)11-2-3-11)6-7-19(10)13-5-4-12(8-17-13)14(16)20/h4-5,8,10-11H,2-3,6-7,9H2,1H3,(H2,16,20)/t10-/m1/s1. The van der Waals surface area contributed by atoms with Gasteiger partial charge in [-0.1, -0.05) is 0 Å². The highest BCUT2D eigenvalue weighted by Crippen LogP contribution is 2.32. The first-order valence-electron chi connectivity index (χ1n) is 7.37. The summed E-state index contributed by atoms with van der Waals surface area (Å²) in [5.74, 6) is 0.934. The van der Waals surface area contributed by atoms with Crippen LogP contribution in [0.1, 0.15) is 30.1 Å². The monoisotopic (exact) mass is 288 g/mol. The second kappa shape index (κ2) is 5.35. The van der Waals surface area contributed by atoms with Gasteiger partial charge in [0, 0.05) is 37.8 Å². The molecule has 1 saturated heterocycles. The highest BCUT2D eigenvalue weighted by Gasteiger charge is 2.36. The molecule has 1 saturated carbocycles. The molecule has 2 N–H and O–H groups in total. The summed E-state index contributed by atoms with van der Waals surface area (Å²) in [6, 6.07) is 3.72. The van der Waals surface area contributed by atoms with E-state index in [1.807, 2.05) is 11.0 Å². The van der Waals surface area contributed by atoms with Crippen molar-refractivity contribution in [3.63, 3.8) is 0 Å². The Hall–Kier alpha value is -2.11. The molecule has 0 radical (unpaired) electrons. The number of hydrogen-bond acceptors (Lipinski definition) is 4. The van der Waals surface area contributed by atoms with Gasteiger partial charge in [-0.05, 0) is 31.9 Å². The lowest BCUT2D eigenvalue weighted by Crippen LogP contribution is -2.54. The van der Waals surface area contributed by atoms with Crippen LogP contribution in [0.4, 0.5) is 5.82 Å². The van der Waals surface area contributed by atoms with Gasteiger partial charge in [-0.15, -0.1) is 0 Å². The summed E-state index contributed by atoms with van der Waals surface area (Å²) in [5, 5.41) is 0. The number of nitrogens with two attached hydrogens (primary N) is 1. The van der Waals surface area contributed by atoms with Gasteiger partial charge < -0.3 is 15.5 Å². The van der Waals surface area contributed by atoms with Crippen LogP contribution in [0.5, 0.6) is 0 Å². The van der Waals surface area contributed by atoms with Crippen LogP contribution < -0.4 is 10.6 Å². The Kier molecular flexibility index (Phi) is 3.53. The first-order valence-corrected chi connectivity index (χ1v) is 7.37. The first-order chi connectivity index (χ1) is 10.1. The van der Waals surface area contributed by atoms with E-state index in [9.17, 15) is 9.59 Å². The van der Waals surface area contributed by atoms with E-state index in [1.165, 1.54) is 6.20 Å². The fourth-order valence-corrected chi connectivity index (χ4v) is 2.79. The number of carbonyl (C=O) groups is 2. The summed E-state index contributed by atoms with van der Waals surface area (Å²) < 4.78 is 0. The van der Waals surface area contributed by atoms with Crippen LogP contribution in [0.25, 0.3) is 0 Å². The quantitative estimate of drug-likeness (QED) is 0.884. The molecule has 2 fully saturated rings. The van der Waals surface area contributed by atoms with Gasteiger partial charge >= 0.3 is 0 Å². The Morgan fingerprint density at radius 3 is 2.57 bits per heavy atom. The highest BCUT2D eigenvalue weighted by molar-refractivity contribution is 5.92. The molecule has 0 bridgehead atoms. The van der Waals surface area contributed by atoms with Crippen molar-refractivity contribution < 1.29 is 9.59 Å². The zero-order chi connectivity index (χ0) is 15.0. The van der Waals surface area contributed by atoms with Gasteiger partial charge in [0.2, 0.25) is 11.8 Å². The summed E-state index contributed by atoms with van der Waals surface area (Å²) in [6.45, 7) is 4.33. The summed E-state index contributed by atoms with van der Waals surface area (Å²) in [6.07, 6.45) is 3.60. The number of primary amides is 1. The molecule has 0 aromatic carbocycles. The van der Waals surface area contributed by atoms with Crippen LogP contribution in [0.3, 0.4) is 0 Å². The molecule has 2 heterocycles. The molecule has 1 aromatic rings. The molecule has 2 amide bonds. The second-order valence-electron chi connectivity index (χ2n) is 5.87. The molecule has 6 heteroatoms. The van der Waals surface area contributed by atoms with Gasteiger partial charge in [-0.25, -0.2) is 4.98 Å². The van der Waals surface area contributed by atoms with E-state index >= 15 is 0 Å². The van der Waals surface area contributed by atoms with E-state index in [-0.39, 0.29) is 12.0 Å². The van der Waals surface area contributed by atoms with Crippen molar-refractivity contribution in [3.05, 3.63) is 23.9 Å². The average molecular weight is 288 g/mol. The van der Waals surface area contributed by atoms with Crippen LogP contribution in [0.2, 0.25) is 0 Å². The van der Waals surface area contributed by atoms with E-state index in [1.54, 1.807) is 6.07 Å². The number of amides is 2. The topological polar surface area (TPSA) is 79.5 Å². The molecule has 1 aliphatic carbocycles. The number of hydrogen-bond donors (Lipinski definition) is 1. The number of pyridine rings is 1. The largest absolute Gasteiger partial charge is 0.366 e. The number of piperazine rings is 1. The third kappa shape index (κ3) is 2.84. The Labute approximate surface area is 123 Å². The van der Waals surface area contributed by atoms with Crippen LogP contribution in [0, 0.1) is 5.92 Å². The molecule has 1 aliphatic heterocycles. The molecule has 3 rings (SSSR count). The molecule has 21 heavy (non-hydrogen) atoms. The minimum absolute atomic E-state index is 0.216. The predicted octanol–water partition coefficient (Wildman–Crippen LogP) is 0.628. The SMILES string of the molecule is C[C@@H]1CN(C(=O)C2CC2)CCN1c1ccc(C(N)=O)cn1. The van der Waals surface area contributed by atoms with Gasteiger partial charge in [0.15, 0.2) is 0 Å². The number of rotatable bonds is 3. The Morgan fingerprint density at radius 1 is 1.29 bits per heavy atom. The Bertz CT molecular complexity index is 553. The number of nitrogens with zero attached hydrogens (tertiary/aromatic N) is 3. The zero-order valence-corrected chi connectivity index (χ0v) is 12.2. The minimum atomic E-state index is -0.470. The Balaban J connectivity index is 1.67. The molecular formula is C15H20N4O2. The van der Waals surface area contributed by atoms with Crippen molar-refractivity contribution in [2.75, 3.05) is 24.5 Å². The van der Waals surface area contributed by atoms with Gasteiger partial charge in [-0.2, -0.15) is 0 Å². The fraction of sp³-hybridized carbons (Fsp3) is 0.533. The van der Waals surface area contributed by atoms with E-state index < -0.39 is 5.91 Å². The van der Waals surface area contributed by atoms with Crippen molar-refractivity contribution >= 4 is 17.6 Å². The molecular weight excluding hydrogens is 268 g/mol. The fourth-order valence-electron chi connectivity index (χ4n) is 2.79. The Morgan fingerprint density at radius 2 is 2.05 bits per heavy atom. The maximum Gasteiger partial charge on any atom is 0.250 e. The number of aromatic nitrogens is 1.